The number of fused-ring (bicyclic) bond motifs is 1. The van der Waals surface area contributed by atoms with Gasteiger partial charge in [-0.05, 0) is 18.2 Å². The highest BCUT2D eigenvalue weighted by atomic mass is 16.3. The molecular formula is C11H8N4O. The maximum atomic E-state index is 5.66. The molecule has 0 fully saturated rings. The van der Waals surface area contributed by atoms with Crippen LogP contribution in [0.2, 0.25) is 0 Å². The molecule has 78 valence electrons. The Morgan fingerprint density at radius 1 is 1.12 bits per heavy atom. The van der Waals surface area contributed by atoms with Crippen LogP contribution < -0.4 is 5.73 Å². The summed E-state index contributed by atoms with van der Waals surface area (Å²) in [7, 11) is 0. The Kier molecular flexibility index (Phi) is 1.83. The molecule has 0 amide bonds. The average molecular weight is 212 g/mol. The maximum absolute atomic E-state index is 5.66. The summed E-state index contributed by atoms with van der Waals surface area (Å²) in [5.74, 6) is 0.524. The van der Waals surface area contributed by atoms with Crippen LogP contribution in [-0.4, -0.2) is 15.2 Å². The van der Waals surface area contributed by atoms with Gasteiger partial charge in [0.05, 0.1) is 18.0 Å². The van der Waals surface area contributed by atoms with Crippen LogP contribution in [-0.2, 0) is 0 Å². The van der Waals surface area contributed by atoms with Crippen molar-refractivity contribution in [2.24, 2.45) is 0 Å². The van der Waals surface area contributed by atoms with Gasteiger partial charge in [-0.15, -0.1) is 0 Å². The number of hydrogen-bond donors (Lipinski definition) is 1. The highest BCUT2D eigenvalue weighted by Crippen LogP contribution is 2.24. The molecule has 2 N–H and O–H groups in total. The number of nitrogens with zero attached hydrogens (tertiary/aromatic N) is 3. The molecule has 0 saturated carbocycles. The predicted molar refractivity (Wildman–Crippen MR) is 59.4 cm³/mol. The van der Waals surface area contributed by atoms with Crippen LogP contribution in [0.3, 0.4) is 0 Å². The van der Waals surface area contributed by atoms with Gasteiger partial charge in [-0.25, -0.2) is 4.98 Å². The lowest BCUT2D eigenvalue weighted by molar-refractivity contribution is 0.619. The average Bonchev–Trinajstić information content (AvgIpc) is 2.73. The first-order valence-corrected chi connectivity index (χ1v) is 4.76. The van der Waals surface area contributed by atoms with Crippen LogP contribution >= 0.6 is 0 Å². The molecule has 0 bridgehead atoms. The molecule has 0 atom stereocenters. The molecule has 3 rings (SSSR count). The minimum absolute atomic E-state index is 0.524. The Hall–Kier alpha value is -2.43. The summed E-state index contributed by atoms with van der Waals surface area (Å²) < 4.78 is 5.58. The SMILES string of the molecule is Nc1ccc2nc(-c3ccnnc3)oc2c1. The van der Waals surface area contributed by atoms with Gasteiger partial charge in [0.15, 0.2) is 5.58 Å². The number of rotatable bonds is 1. The molecule has 1 aromatic carbocycles. The van der Waals surface area contributed by atoms with Crippen LogP contribution in [0.15, 0.2) is 41.1 Å². The standard InChI is InChI=1S/C11H8N4O/c12-8-1-2-9-10(5-8)16-11(15-9)7-3-4-13-14-6-7/h1-6H,12H2. The molecule has 0 aliphatic heterocycles. The van der Waals surface area contributed by atoms with Gasteiger partial charge in [-0.3, -0.25) is 0 Å². The zero-order valence-electron chi connectivity index (χ0n) is 8.29. The van der Waals surface area contributed by atoms with Gasteiger partial charge in [-0.1, -0.05) is 0 Å². The Morgan fingerprint density at radius 2 is 2.06 bits per heavy atom. The van der Waals surface area contributed by atoms with Gasteiger partial charge in [-0.2, -0.15) is 10.2 Å². The zero-order chi connectivity index (χ0) is 11.0. The van der Waals surface area contributed by atoms with Crippen molar-refractivity contribution >= 4 is 16.8 Å². The highest BCUT2D eigenvalue weighted by molar-refractivity contribution is 5.79. The van der Waals surface area contributed by atoms with Crippen molar-refractivity contribution in [1.82, 2.24) is 15.2 Å². The fourth-order valence-electron chi connectivity index (χ4n) is 1.48. The van der Waals surface area contributed by atoms with E-state index in [0.29, 0.717) is 17.2 Å². The molecule has 0 spiro atoms. The summed E-state index contributed by atoms with van der Waals surface area (Å²) in [6.07, 6.45) is 3.20. The normalized spacial score (nSPS) is 10.8. The van der Waals surface area contributed by atoms with E-state index in [9.17, 15) is 0 Å². The largest absolute Gasteiger partial charge is 0.436 e. The number of nitrogen functional groups attached to an aromatic ring is 1. The van der Waals surface area contributed by atoms with Crippen molar-refractivity contribution in [3.05, 3.63) is 36.7 Å². The van der Waals surface area contributed by atoms with E-state index >= 15 is 0 Å². The number of oxazole rings is 1. The van der Waals surface area contributed by atoms with Gasteiger partial charge in [0.1, 0.15) is 5.52 Å². The number of benzene rings is 1. The Morgan fingerprint density at radius 3 is 2.88 bits per heavy atom. The monoisotopic (exact) mass is 212 g/mol. The Bertz CT molecular complexity index is 633. The molecule has 0 radical (unpaired) electrons. The van der Waals surface area contributed by atoms with Gasteiger partial charge in [0.2, 0.25) is 5.89 Å². The molecule has 2 aromatic heterocycles. The molecule has 0 aliphatic rings. The molecule has 0 unspecified atom stereocenters. The molecule has 16 heavy (non-hydrogen) atoms. The lowest BCUT2D eigenvalue weighted by atomic mass is 10.3. The van der Waals surface area contributed by atoms with E-state index in [1.807, 2.05) is 6.07 Å². The summed E-state index contributed by atoms with van der Waals surface area (Å²) in [4.78, 5) is 4.33. The second-order valence-corrected chi connectivity index (χ2v) is 3.38. The second-order valence-electron chi connectivity index (χ2n) is 3.38. The third-order valence-electron chi connectivity index (χ3n) is 2.24. The number of anilines is 1. The minimum atomic E-state index is 0.524. The van der Waals surface area contributed by atoms with E-state index in [2.05, 4.69) is 15.2 Å². The maximum Gasteiger partial charge on any atom is 0.229 e. The van der Waals surface area contributed by atoms with Crippen molar-refractivity contribution in [2.45, 2.75) is 0 Å². The third kappa shape index (κ3) is 1.38. The molecular weight excluding hydrogens is 204 g/mol. The van der Waals surface area contributed by atoms with E-state index in [1.54, 1.807) is 30.6 Å². The summed E-state index contributed by atoms with van der Waals surface area (Å²) >= 11 is 0. The van der Waals surface area contributed by atoms with E-state index in [-0.39, 0.29) is 0 Å². The third-order valence-corrected chi connectivity index (χ3v) is 2.24. The van der Waals surface area contributed by atoms with Crippen LogP contribution in [0.4, 0.5) is 5.69 Å². The van der Waals surface area contributed by atoms with Gasteiger partial charge >= 0.3 is 0 Å². The first-order chi connectivity index (χ1) is 7.83. The van der Waals surface area contributed by atoms with Gasteiger partial charge < -0.3 is 10.2 Å². The minimum Gasteiger partial charge on any atom is -0.436 e. The van der Waals surface area contributed by atoms with Crippen molar-refractivity contribution in [3.8, 4) is 11.5 Å². The summed E-state index contributed by atoms with van der Waals surface area (Å²) in [6.45, 7) is 0. The first-order valence-electron chi connectivity index (χ1n) is 4.76. The lowest BCUT2D eigenvalue weighted by Crippen LogP contribution is -1.82. The predicted octanol–water partition coefficient (Wildman–Crippen LogP) is 1.87. The Labute approximate surface area is 90.9 Å². The number of aromatic nitrogens is 3. The van der Waals surface area contributed by atoms with E-state index < -0.39 is 0 Å². The Balaban J connectivity index is 2.19. The van der Waals surface area contributed by atoms with Gasteiger partial charge in [0.25, 0.3) is 0 Å². The smallest absolute Gasteiger partial charge is 0.229 e. The first kappa shape index (κ1) is 8.84. The molecule has 5 heteroatoms. The van der Waals surface area contributed by atoms with Crippen molar-refractivity contribution in [1.29, 1.82) is 0 Å². The zero-order valence-corrected chi connectivity index (χ0v) is 8.29. The van der Waals surface area contributed by atoms with Crippen LogP contribution in [0.25, 0.3) is 22.6 Å². The highest BCUT2D eigenvalue weighted by Gasteiger charge is 2.07. The van der Waals surface area contributed by atoms with E-state index in [0.717, 1.165) is 11.1 Å². The van der Waals surface area contributed by atoms with Crippen molar-refractivity contribution in [2.75, 3.05) is 5.73 Å². The van der Waals surface area contributed by atoms with Crippen LogP contribution in [0.1, 0.15) is 0 Å². The summed E-state index contributed by atoms with van der Waals surface area (Å²) in [6, 6.07) is 7.16. The van der Waals surface area contributed by atoms with Crippen molar-refractivity contribution in [3.63, 3.8) is 0 Å². The summed E-state index contributed by atoms with van der Waals surface area (Å²) in [5, 5.41) is 7.47. The van der Waals surface area contributed by atoms with Crippen LogP contribution in [0.5, 0.6) is 0 Å². The summed E-state index contributed by atoms with van der Waals surface area (Å²) in [5.41, 5.74) is 8.57. The molecule has 0 saturated heterocycles. The van der Waals surface area contributed by atoms with E-state index in [4.69, 9.17) is 10.2 Å². The molecule has 3 aromatic rings. The fourth-order valence-corrected chi connectivity index (χ4v) is 1.48. The van der Waals surface area contributed by atoms with Gasteiger partial charge in [0, 0.05) is 11.8 Å². The number of nitrogens with two attached hydrogens (primary N) is 1. The molecule has 0 aliphatic carbocycles. The molecule has 2 heterocycles. The van der Waals surface area contributed by atoms with Crippen LogP contribution in [0, 0.1) is 0 Å². The topological polar surface area (TPSA) is 77.8 Å². The fraction of sp³-hybridized carbons (Fsp3) is 0. The lowest BCUT2D eigenvalue weighted by Gasteiger charge is -1.90. The molecule has 5 nitrogen and oxygen atoms in total. The van der Waals surface area contributed by atoms with E-state index in [1.165, 1.54) is 0 Å². The second kappa shape index (κ2) is 3.30. The quantitative estimate of drug-likeness (QED) is 0.623. The number of hydrogen-bond acceptors (Lipinski definition) is 5. The van der Waals surface area contributed by atoms with Crippen molar-refractivity contribution < 1.29 is 4.42 Å².